The van der Waals surface area contributed by atoms with Gasteiger partial charge in [-0.1, -0.05) is 11.6 Å². The SMILES string of the molecule is COc1cc(N)c(Cl)cc1C(=O)NC(C)C(=O)N1CCS(=O)(=O)CC1.Cl. The number of carbonyl (C=O) groups is 2. The van der Waals surface area contributed by atoms with Gasteiger partial charge in [-0.25, -0.2) is 8.42 Å². The van der Waals surface area contributed by atoms with Crippen LogP contribution in [-0.2, 0) is 14.6 Å². The summed E-state index contributed by atoms with van der Waals surface area (Å²) in [5.74, 6) is -0.780. The van der Waals surface area contributed by atoms with Crippen LogP contribution >= 0.6 is 24.0 Å². The van der Waals surface area contributed by atoms with Crippen molar-refractivity contribution in [1.29, 1.82) is 0 Å². The summed E-state index contributed by atoms with van der Waals surface area (Å²) in [6.45, 7) is 1.78. The maximum atomic E-state index is 12.4. The molecule has 2 rings (SSSR count). The smallest absolute Gasteiger partial charge is 0.255 e. The number of nitrogen functional groups attached to an aromatic ring is 1. The van der Waals surface area contributed by atoms with E-state index in [9.17, 15) is 18.0 Å². The van der Waals surface area contributed by atoms with Crippen LogP contribution in [0.1, 0.15) is 17.3 Å². The lowest BCUT2D eigenvalue weighted by Crippen LogP contribution is -2.51. The highest BCUT2D eigenvalue weighted by Crippen LogP contribution is 2.28. The fourth-order valence-corrected chi connectivity index (χ4v) is 3.82. The molecular formula is C15H21Cl2N3O5S. The highest BCUT2D eigenvalue weighted by Gasteiger charge is 2.29. The van der Waals surface area contributed by atoms with E-state index in [-0.39, 0.29) is 64.9 Å². The number of methoxy groups -OCH3 is 1. The standard InChI is InChI=1S/C15H20ClN3O5S.ClH/c1-9(15(21)19-3-5-25(22,23)6-4-19)18-14(20)10-7-11(16)12(17)8-13(10)24-2;/h7-9H,3-6,17H2,1-2H3,(H,18,20);1H. The van der Waals surface area contributed by atoms with E-state index in [0.717, 1.165) is 0 Å². The van der Waals surface area contributed by atoms with Crippen molar-refractivity contribution in [2.75, 3.05) is 37.4 Å². The van der Waals surface area contributed by atoms with Crippen molar-refractivity contribution in [3.05, 3.63) is 22.7 Å². The van der Waals surface area contributed by atoms with E-state index in [1.807, 2.05) is 0 Å². The van der Waals surface area contributed by atoms with Gasteiger partial charge < -0.3 is 20.7 Å². The Morgan fingerprint density at radius 1 is 1.31 bits per heavy atom. The van der Waals surface area contributed by atoms with Gasteiger partial charge in [-0.05, 0) is 13.0 Å². The van der Waals surface area contributed by atoms with Crippen LogP contribution in [0.2, 0.25) is 5.02 Å². The van der Waals surface area contributed by atoms with E-state index in [0.29, 0.717) is 0 Å². The zero-order chi connectivity index (χ0) is 18.8. The second-order valence-electron chi connectivity index (χ2n) is 5.75. The first kappa shape index (κ1) is 22.3. The third-order valence-corrected chi connectivity index (χ3v) is 5.87. The second-order valence-corrected chi connectivity index (χ2v) is 8.46. The predicted molar refractivity (Wildman–Crippen MR) is 102 cm³/mol. The maximum Gasteiger partial charge on any atom is 0.255 e. The molecule has 1 heterocycles. The van der Waals surface area contributed by atoms with Gasteiger partial charge in [0.25, 0.3) is 5.91 Å². The van der Waals surface area contributed by atoms with Gasteiger partial charge in [-0.3, -0.25) is 9.59 Å². The number of sulfone groups is 1. The van der Waals surface area contributed by atoms with Crippen molar-refractivity contribution in [2.24, 2.45) is 0 Å². The molecule has 11 heteroatoms. The number of hydrogen-bond donors (Lipinski definition) is 2. The molecule has 0 spiro atoms. The van der Waals surface area contributed by atoms with Gasteiger partial charge in [0.15, 0.2) is 9.84 Å². The van der Waals surface area contributed by atoms with E-state index < -0.39 is 21.8 Å². The summed E-state index contributed by atoms with van der Waals surface area (Å²) in [4.78, 5) is 26.3. The topological polar surface area (TPSA) is 119 Å². The number of hydrogen-bond acceptors (Lipinski definition) is 6. The van der Waals surface area contributed by atoms with Crippen LogP contribution in [-0.4, -0.2) is 62.9 Å². The molecule has 1 aromatic rings. The Morgan fingerprint density at radius 2 is 1.88 bits per heavy atom. The number of rotatable bonds is 4. The number of benzene rings is 1. The number of halogens is 2. The molecule has 8 nitrogen and oxygen atoms in total. The lowest BCUT2D eigenvalue weighted by atomic mass is 10.1. The molecule has 1 saturated heterocycles. The average Bonchev–Trinajstić information content (AvgIpc) is 2.56. The zero-order valence-corrected chi connectivity index (χ0v) is 16.7. The fraction of sp³-hybridized carbons (Fsp3) is 0.467. The van der Waals surface area contributed by atoms with E-state index in [4.69, 9.17) is 22.1 Å². The van der Waals surface area contributed by atoms with Gasteiger partial charge in [-0.2, -0.15) is 0 Å². The van der Waals surface area contributed by atoms with E-state index in [1.54, 1.807) is 0 Å². The molecule has 2 amide bonds. The molecule has 146 valence electrons. The molecule has 1 aliphatic heterocycles. The Labute approximate surface area is 163 Å². The predicted octanol–water partition coefficient (Wildman–Crippen LogP) is 0.728. The molecule has 0 bridgehead atoms. The molecule has 0 aromatic heterocycles. The molecule has 0 saturated carbocycles. The number of nitrogens with zero attached hydrogens (tertiary/aromatic N) is 1. The minimum atomic E-state index is -3.08. The quantitative estimate of drug-likeness (QED) is 0.686. The van der Waals surface area contributed by atoms with Crippen molar-refractivity contribution < 1.29 is 22.7 Å². The van der Waals surface area contributed by atoms with Gasteiger partial charge in [0, 0.05) is 19.2 Å². The summed E-state index contributed by atoms with van der Waals surface area (Å²) in [5, 5.41) is 2.78. The highest BCUT2D eigenvalue weighted by molar-refractivity contribution is 7.91. The first-order chi connectivity index (χ1) is 11.6. The Bertz CT molecular complexity index is 787. The zero-order valence-electron chi connectivity index (χ0n) is 14.3. The number of ether oxygens (including phenoxy) is 1. The number of nitrogens with one attached hydrogen (secondary N) is 1. The summed E-state index contributed by atoms with van der Waals surface area (Å²) in [7, 11) is -1.69. The van der Waals surface area contributed by atoms with Gasteiger partial charge in [0.1, 0.15) is 11.8 Å². The van der Waals surface area contributed by atoms with E-state index in [1.165, 1.54) is 31.1 Å². The van der Waals surface area contributed by atoms with Crippen LogP contribution in [0, 0.1) is 0 Å². The molecule has 0 radical (unpaired) electrons. The van der Waals surface area contributed by atoms with Crippen molar-refractivity contribution >= 4 is 51.3 Å². The normalized spacial score (nSPS) is 17.0. The Kier molecular flexibility index (Phi) is 7.55. The van der Waals surface area contributed by atoms with Crippen molar-refractivity contribution in [2.45, 2.75) is 13.0 Å². The first-order valence-corrected chi connectivity index (χ1v) is 9.77. The minimum absolute atomic E-state index is 0. The van der Waals surface area contributed by atoms with Crippen LogP contribution in [0.4, 0.5) is 5.69 Å². The molecular weight excluding hydrogens is 405 g/mol. The fourth-order valence-electron chi connectivity index (χ4n) is 2.46. The Morgan fingerprint density at radius 3 is 2.42 bits per heavy atom. The average molecular weight is 426 g/mol. The van der Waals surface area contributed by atoms with Crippen LogP contribution in [0.15, 0.2) is 12.1 Å². The molecule has 1 unspecified atom stereocenters. The van der Waals surface area contributed by atoms with E-state index >= 15 is 0 Å². The van der Waals surface area contributed by atoms with Gasteiger partial charge in [0.2, 0.25) is 5.91 Å². The number of nitrogens with two attached hydrogens (primary N) is 1. The van der Waals surface area contributed by atoms with E-state index in [2.05, 4.69) is 5.32 Å². The Hall–Kier alpha value is -1.71. The molecule has 26 heavy (non-hydrogen) atoms. The largest absolute Gasteiger partial charge is 0.496 e. The summed E-state index contributed by atoms with van der Waals surface area (Å²) in [6.07, 6.45) is 0. The molecule has 1 atom stereocenters. The van der Waals surface area contributed by atoms with Crippen LogP contribution in [0.3, 0.4) is 0 Å². The summed E-state index contributed by atoms with van der Waals surface area (Å²) in [5.41, 5.74) is 6.11. The molecule has 0 aliphatic carbocycles. The van der Waals surface area contributed by atoms with Gasteiger partial charge in [-0.15, -0.1) is 12.4 Å². The van der Waals surface area contributed by atoms with Gasteiger partial charge in [0.05, 0.1) is 34.9 Å². The van der Waals surface area contributed by atoms with Gasteiger partial charge >= 0.3 is 0 Å². The highest BCUT2D eigenvalue weighted by atomic mass is 35.5. The Balaban J connectivity index is 0.00000338. The number of carbonyl (C=O) groups excluding carboxylic acids is 2. The minimum Gasteiger partial charge on any atom is -0.496 e. The molecule has 1 aromatic carbocycles. The maximum absolute atomic E-state index is 12.4. The third-order valence-electron chi connectivity index (χ3n) is 3.94. The third kappa shape index (κ3) is 5.15. The van der Waals surface area contributed by atoms with Crippen molar-refractivity contribution in [3.8, 4) is 5.75 Å². The molecule has 3 N–H and O–H groups in total. The van der Waals surface area contributed by atoms with Crippen LogP contribution in [0.5, 0.6) is 5.75 Å². The van der Waals surface area contributed by atoms with Crippen molar-refractivity contribution in [1.82, 2.24) is 10.2 Å². The monoisotopic (exact) mass is 425 g/mol. The summed E-state index contributed by atoms with van der Waals surface area (Å²) in [6, 6.07) is 1.98. The number of anilines is 1. The molecule has 1 fully saturated rings. The first-order valence-electron chi connectivity index (χ1n) is 7.57. The number of amides is 2. The van der Waals surface area contributed by atoms with Crippen molar-refractivity contribution in [3.63, 3.8) is 0 Å². The summed E-state index contributed by atoms with van der Waals surface area (Å²) < 4.78 is 28.0. The second kappa shape index (κ2) is 8.79. The van der Waals surface area contributed by atoms with Crippen LogP contribution in [0.25, 0.3) is 0 Å². The molecule has 1 aliphatic rings. The van der Waals surface area contributed by atoms with Crippen LogP contribution < -0.4 is 15.8 Å². The summed E-state index contributed by atoms with van der Waals surface area (Å²) >= 11 is 5.94. The lowest BCUT2D eigenvalue weighted by Gasteiger charge is -2.29. The lowest BCUT2D eigenvalue weighted by molar-refractivity contribution is -0.132.